The van der Waals surface area contributed by atoms with Crippen LogP contribution in [0.4, 0.5) is 5.69 Å². The summed E-state index contributed by atoms with van der Waals surface area (Å²) in [6, 6.07) is 12.6. The van der Waals surface area contributed by atoms with Gasteiger partial charge in [0.1, 0.15) is 6.04 Å². The second-order valence-corrected chi connectivity index (χ2v) is 7.66. The number of amides is 1. The Morgan fingerprint density at radius 1 is 1.00 bits per heavy atom. The number of ether oxygens (including phenoxy) is 1. The minimum absolute atomic E-state index is 0.0818. The fraction of sp³-hybridized carbons (Fsp3) is 0.211. The van der Waals surface area contributed by atoms with Crippen LogP contribution in [0.5, 0.6) is 0 Å². The first kappa shape index (κ1) is 21.3. The van der Waals surface area contributed by atoms with E-state index in [0.29, 0.717) is 11.3 Å². The van der Waals surface area contributed by atoms with E-state index in [-0.39, 0.29) is 10.8 Å². The van der Waals surface area contributed by atoms with Crippen LogP contribution in [0.3, 0.4) is 0 Å². The summed E-state index contributed by atoms with van der Waals surface area (Å²) in [7, 11) is -3.99. The lowest BCUT2D eigenvalue weighted by atomic mass is 10.1. The number of anilines is 1. The van der Waals surface area contributed by atoms with Crippen molar-refractivity contribution in [2.45, 2.75) is 24.8 Å². The third-order valence-corrected chi connectivity index (χ3v) is 5.17. The Morgan fingerprint density at radius 2 is 1.61 bits per heavy atom. The molecule has 8 nitrogen and oxygen atoms in total. The van der Waals surface area contributed by atoms with Gasteiger partial charge in [0.05, 0.1) is 4.90 Å². The molecule has 0 spiro atoms. The largest absolute Gasteiger partial charge is 0.456 e. The number of Topliss-reactive ketones (excluding diaryl/α,β-unsaturated/α-hetero) is 1. The number of carbonyl (C=O) groups is 3. The number of esters is 1. The van der Waals surface area contributed by atoms with Crippen LogP contribution in [-0.4, -0.2) is 38.7 Å². The minimum atomic E-state index is -3.99. The summed E-state index contributed by atoms with van der Waals surface area (Å²) in [5.74, 6) is -1.55. The van der Waals surface area contributed by atoms with Crippen molar-refractivity contribution in [3.8, 4) is 0 Å². The highest BCUT2D eigenvalue weighted by Crippen LogP contribution is 2.14. The molecule has 2 aromatic rings. The van der Waals surface area contributed by atoms with Crippen LogP contribution in [0.25, 0.3) is 0 Å². The zero-order valence-electron chi connectivity index (χ0n) is 15.3. The number of ketones is 1. The lowest BCUT2D eigenvalue weighted by molar-refractivity contribution is -0.144. The van der Waals surface area contributed by atoms with E-state index < -0.39 is 34.4 Å². The summed E-state index contributed by atoms with van der Waals surface area (Å²) in [6.07, 6.45) is 0. The van der Waals surface area contributed by atoms with E-state index in [2.05, 4.69) is 10.0 Å². The van der Waals surface area contributed by atoms with Gasteiger partial charge in [-0.1, -0.05) is 30.3 Å². The quantitative estimate of drug-likeness (QED) is 0.511. The van der Waals surface area contributed by atoms with E-state index in [1.54, 1.807) is 30.3 Å². The SMILES string of the molecule is CC(=O)Nc1ccc(S(=O)(=O)N[C@@H](C)C(=O)OCC(=O)c2ccccc2)cc1. The summed E-state index contributed by atoms with van der Waals surface area (Å²) < 4.78 is 31.8. The summed E-state index contributed by atoms with van der Waals surface area (Å²) in [5, 5.41) is 2.52. The third-order valence-electron chi connectivity index (χ3n) is 3.61. The number of hydrogen-bond acceptors (Lipinski definition) is 6. The van der Waals surface area contributed by atoms with Gasteiger partial charge in [0.25, 0.3) is 0 Å². The predicted octanol–water partition coefficient (Wildman–Crippen LogP) is 1.74. The molecule has 9 heteroatoms. The van der Waals surface area contributed by atoms with Crippen molar-refractivity contribution in [2.24, 2.45) is 0 Å². The second-order valence-electron chi connectivity index (χ2n) is 5.95. The smallest absolute Gasteiger partial charge is 0.324 e. The van der Waals surface area contributed by atoms with E-state index >= 15 is 0 Å². The molecular formula is C19H20N2O6S. The van der Waals surface area contributed by atoms with E-state index in [0.717, 1.165) is 0 Å². The molecule has 0 heterocycles. The lowest BCUT2D eigenvalue weighted by Gasteiger charge is -2.14. The van der Waals surface area contributed by atoms with Gasteiger partial charge >= 0.3 is 5.97 Å². The number of benzene rings is 2. The molecule has 0 aromatic heterocycles. The fourth-order valence-corrected chi connectivity index (χ4v) is 3.43. The lowest BCUT2D eigenvalue weighted by Crippen LogP contribution is -2.40. The van der Waals surface area contributed by atoms with Crippen LogP contribution >= 0.6 is 0 Å². The third kappa shape index (κ3) is 6.00. The van der Waals surface area contributed by atoms with Crippen LogP contribution in [0.1, 0.15) is 24.2 Å². The van der Waals surface area contributed by atoms with Gasteiger partial charge < -0.3 is 10.1 Å². The molecule has 1 amide bonds. The molecule has 0 bridgehead atoms. The van der Waals surface area contributed by atoms with Gasteiger partial charge in [-0.2, -0.15) is 4.72 Å². The number of sulfonamides is 1. The summed E-state index contributed by atoms with van der Waals surface area (Å²) in [4.78, 5) is 34.9. The zero-order valence-corrected chi connectivity index (χ0v) is 16.2. The first-order valence-electron chi connectivity index (χ1n) is 8.34. The number of carbonyl (C=O) groups excluding carboxylic acids is 3. The summed E-state index contributed by atoms with van der Waals surface area (Å²) in [5.41, 5.74) is 0.834. The van der Waals surface area contributed by atoms with Gasteiger partial charge in [0.2, 0.25) is 15.9 Å². The Balaban J connectivity index is 1.94. The maximum absolute atomic E-state index is 12.4. The highest BCUT2D eigenvalue weighted by Gasteiger charge is 2.24. The first-order valence-corrected chi connectivity index (χ1v) is 9.82. The van der Waals surface area contributed by atoms with Crippen molar-refractivity contribution >= 4 is 33.4 Å². The number of hydrogen-bond donors (Lipinski definition) is 2. The molecule has 2 rings (SSSR count). The molecular weight excluding hydrogens is 384 g/mol. The van der Waals surface area contributed by atoms with Crippen molar-refractivity contribution in [3.63, 3.8) is 0 Å². The summed E-state index contributed by atoms with van der Waals surface area (Å²) in [6.45, 7) is 2.17. The first-order chi connectivity index (χ1) is 13.2. The molecule has 0 aliphatic carbocycles. The van der Waals surface area contributed by atoms with E-state index in [1.807, 2.05) is 0 Å². The minimum Gasteiger partial charge on any atom is -0.456 e. The average molecular weight is 404 g/mol. The fourth-order valence-electron chi connectivity index (χ4n) is 2.24. The zero-order chi connectivity index (χ0) is 20.7. The van der Waals surface area contributed by atoms with Crippen molar-refractivity contribution in [1.29, 1.82) is 0 Å². The van der Waals surface area contributed by atoms with Crippen molar-refractivity contribution in [3.05, 3.63) is 60.2 Å². The standard InChI is InChI=1S/C19H20N2O6S/c1-13(19(24)27-12-18(23)15-6-4-3-5-7-15)21-28(25,26)17-10-8-16(9-11-17)20-14(2)22/h3-11,13,21H,12H2,1-2H3,(H,20,22)/t13-/m0/s1. The predicted molar refractivity (Wildman–Crippen MR) is 102 cm³/mol. The maximum Gasteiger partial charge on any atom is 0.324 e. The van der Waals surface area contributed by atoms with Crippen molar-refractivity contribution in [2.75, 3.05) is 11.9 Å². The Bertz CT molecular complexity index is 956. The van der Waals surface area contributed by atoms with Crippen LogP contribution < -0.4 is 10.0 Å². The van der Waals surface area contributed by atoms with Gasteiger partial charge in [-0.05, 0) is 31.2 Å². The molecule has 2 aromatic carbocycles. The highest BCUT2D eigenvalue weighted by atomic mass is 32.2. The Labute approximate surface area is 163 Å². The Kier molecular flexibility index (Phi) is 7.02. The number of nitrogens with one attached hydrogen (secondary N) is 2. The molecule has 0 radical (unpaired) electrons. The van der Waals surface area contributed by atoms with Gasteiger partial charge in [-0.3, -0.25) is 14.4 Å². The van der Waals surface area contributed by atoms with Gasteiger partial charge in [-0.25, -0.2) is 8.42 Å². The van der Waals surface area contributed by atoms with E-state index in [9.17, 15) is 22.8 Å². The Hall–Kier alpha value is -3.04. The Morgan fingerprint density at radius 3 is 2.18 bits per heavy atom. The molecule has 0 aliphatic heterocycles. The highest BCUT2D eigenvalue weighted by molar-refractivity contribution is 7.89. The molecule has 0 saturated carbocycles. The molecule has 0 aliphatic rings. The molecule has 28 heavy (non-hydrogen) atoms. The summed E-state index contributed by atoms with van der Waals surface area (Å²) >= 11 is 0. The van der Waals surface area contributed by atoms with Crippen LogP contribution in [0, 0.1) is 0 Å². The number of rotatable bonds is 8. The van der Waals surface area contributed by atoms with Crippen molar-refractivity contribution in [1.82, 2.24) is 4.72 Å². The normalized spacial score (nSPS) is 12.1. The molecule has 0 unspecified atom stereocenters. The van der Waals surface area contributed by atoms with E-state index in [4.69, 9.17) is 4.74 Å². The van der Waals surface area contributed by atoms with E-state index in [1.165, 1.54) is 38.1 Å². The topological polar surface area (TPSA) is 119 Å². The second kappa shape index (κ2) is 9.25. The van der Waals surface area contributed by atoms with Gasteiger partial charge in [0, 0.05) is 18.2 Å². The van der Waals surface area contributed by atoms with Crippen LogP contribution in [-0.2, 0) is 24.3 Å². The van der Waals surface area contributed by atoms with Crippen molar-refractivity contribution < 1.29 is 27.5 Å². The van der Waals surface area contributed by atoms with Gasteiger partial charge in [0.15, 0.2) is 12.4 Å². The average Bonchev–Trinajstić information content (AvgIpc) is 2.66. The maximum atomic E-state index is 12.4. The monoisotopic (exact) mass is 404 g/mol. The van der Waals surface area contributed by atoms with Crippen LogP contribution in [0.15, 0.2) is 59.5 Å². The molecule has 1 atom stereocenters. The molecule has 148 valence electrons. The molecule has 0 saturated heterocycles. The molecule has 0 fully saturated rings. The van der Waals surface area contributed by atoms with Gasteiger partial charge in [-0.15, -0.1) is 0 Å². The van der Waals surface area contributed by atoms with Crippen LogP contribution in [0.2, 0.25) is 0 Å². The molecule has 2 N–H and O–H groups in total.